The molecule has 1 amide bonds. The Hall–Kier alpha value is -1.89. The van der Waals surface area contributed by atoms with Crippen LogP contribution in [0.4, 0.5) is 0 Å². The van der Waals surface area contributed by atoms with Crippen LogP contribution < -0.4 is 5.32 Å². The minimum Gasteiger partial charge on any atom is -0.346 e. The van der Waals surface area contributed by atoms with Crippen LogP contribution in [0.25, 0.3) is 0 Å². The molecular formula is C12H13N3O. The Kier molecular flexibility index (Phi) is 2.61. The number of hydrogen-bond donors (Lipinski definition) is 1. The van der Waals surface area contributed by atoms with Gasteiger partial charge in [-0.2, -0.15) is 5.26 Å². The quantitative estimate of drug-likeness (QED) is 0.815. The summed E-state index contributed by atoms with van der Waals surface area (Å²) >= 11 is 0. The van der Waals surface area contributed by atoms with Crippen LogP contribution in [0.15, 0.2) is 18.3 Å². The largest absolute Gasteiger partial charge is 0.346 e. The first-order valence-electron chi connectivity index (χ1n) is 5.32. The van der Waals surface area contributed by atoms with Gasteiger partial charge in [0.25, 0.3) is 5.91 Å². The third-order valence-electron chi connectivity index (χ3n) is 3.00. The van der Waals surface area contributed by atoms with Crippen molar-refractivity contribution >= 4 is 5.91 Å². The molecule has 0 unspecified atom stereocenters. The van der Waals surface area contributed by atoms with Gasteiger partial charge in [0.1, 0.15) is 11.8 Å². The topological polar surface area (TPSA) is 65.8 Å². The zero-order chi connectivity index (χ0) is 11.6. The van der Waals surface area contributed by atoms with E-state index in [0.717, 1.165) is 19.3 Å². The summed E-state index contributed by atoms with van der Waals surface area (Å²) in [6, 6.07) is 5.15. The molecule has 1 N–H and O–H groups in total. The predicted molar refractivity (Wildman–Crippen MR) is 58.7 cm³/mol. The zero-order valence-corrected chi connectivity index (χ0v) is 9.16. The molecule has 0 atom stereocenters. The van der Waals surface area contributed by atoms with Crippen molar-refractivity contribution in [2.45, 2.75) is 31.7 Å². The monoisotopic (exact) mass is 215 g/mol. The molecule has 4 nitrogen and oxygen atoms in total. The first-order valence-corrected chi connectivity index (χ1v) is 5.32. The van der Waals surface area contributed by atoms with E-state index in [9.17, 15) is 4.79 Å². The Bertz CT molecular complexity index is 440. The Balaban J connectivity index is 2.06. The summed E-state index contributed by atoms with van der Waals surface area (Å²) in [4.78, 5) is 15.8. The lowest BCUT2D eigenvalue weighted by Gasteiger charge is -2.38. The van der Waals surface area contributed by atoms with Gasteiger partial charge in [-0.3, -0.25) is 4.79 Å². The standard InChI is InChI=1S/C12H13N3O/c1-12(5-2-6-12)15-11(16)10-4-3-9(7-13)8-14-10/h3-4,8H,2,5-6H2,1H3,(H,15,16). The van der Waals surface area contributed by atoms with Gasteiger partial charge >= 0.3 is 0 Å². The highest BCUT2D eigenvalue weighted by atomic mass is 16.2. The lowest BCUT2D eigenvalue weighted by Crippen LogP contribution is -2.51. The van der Waals surface area contributed by atoms with Gasteiger partial charge in [0.15, 0.2) is 0 Å². The number of hydrogen-bond acceptors (Lipinski definition) is 3. The maximum atomic E-state index is 11.8. The smallest absolute Gasteiger partial charge is 0.270 e. The first-order chi connectivity index (χ1) is 7.63. The second-order valence-corrected chi connectivity index (χ2v) is 4.41. The van der Waals surface area contributed by atoms with Crippen molar-refractivity contribution in [3.63, 3.8) is 0 Å². The van der Waals surface area contributed by atoms with Crippen LogP contribution in [0.2, 0.25) is 0 Å². The lowest BCUT2D eigenvalue weighted by atomic mass is 9.78. The maximum Gasteiger partial charge on any atom is 0.270 e. The summed E-state index contributed by atoms with van der Waals surface area (Å²) < 4.78 is 0. The van der Waals surface area contributed by atoms with Gasteiger partial charge in [-0.15, -0.1) is 0 Å². The molecule has 0 aromatic carbocycles. The molecule has 1 saturated carbocycles. The fourth-order valence-corrected chi connectivity index (χ4v) is 1.76. The van der Waals surface area contributed by atoms with E-state index in [4.69, 9.17) is 5.26 Å². The third kappa shape index (κ3) is 2.03. The molecule has 0 radical (unpaired) electrons. The van der Waals surface area contributed by atoms with Crippen LogP contribution >= 0.6 is 0 Å². The molecule has 16 heavy (non-hydrogen) atoms. The molecule has 0 bridgehead atoms. The van der Waals surface area contributed by atoms with Crippen molar-refractivity contribution in [1.29, 1.82) is 5.26 Å². The van der Waals surface area contributed by atoms with Crippen molar-refractivity contribution in [3.8, 4) is 6.07 Å². The number of aromatic nitrogens is 1. The third-order valence-corrected chi connectivity index (χ3v) is 3.00. The van der Waals surface area contributed by atoms with E-state index in [2.05, 4.69) is 10.3 Å². The molecule has 1 heterocycles. The zero-order valence-electron chi connectivity index (χ0n) is 9.16. The molecule has 0 saturated heterocycles. The van der Waals surface area contributed by atoms with E-state index in [0.29, 0.717) is 11.3 Å². The highest BCUT2D eigenvalue weighted by Crippen LogP contribution is 2.31. The minimum absolute atomic E-state index is 0.0628. The minimum atomic E-state index is -0.160. The number of pyridine rings is 1. The molecular weight excluding hydrogens is 202 g/mol. The second-order valence-electron chi connectivity index (χ2n) is 4.41. The molecule has 82 valence electrons. The fourth-order valence-electron chi connectivity index (χ4n) is 1.76. The van der Waals surface area contributed by atoms with Crippen molar-refractivity contribution < 1.29 is 4.79 Å². The summed E-state index contributed by atoms with van der Waals surface area (Å²) in [5, 5.41) is 11.6. The number of nitrogens with zero attached hydrogens (tertiary/aromatic N) is 2. The summed E-state index contributed by atoms with van der Waals surface area (Å²) in [6.45, 7) is 2.04. The van der Waals surface area contributed by atoms with E-state index in [1.165, 1.54) is 6.20 Å². The van der Waals surface area contributed by atoms with Gasteiger partial charge in [-0.05, 0) is 38.3 Å². The second kappa shape index (κ2) is 3.93. The Morgan fingerprint density at radius 3 is 2.75 bits per heavy atom. The van der Waals surface area contributed by atoms with E-state index >= 15 is 0 Å². The average molecular weight is 215 g/mol. The Labute approximate surface area is 94.3 Å². The summed E-state index contributed by atoms with van der Waals surface area (Å²) in [5.74, 6) is -0.160. The summed E-state index contributed by atoms with van der Waals surface area (Å²) in [7, 11) is 0. The maximum absolute atomic E-state index is 11.8. The van der Waals surface area contributed by atoms with Crippen LogP contribution in [0, 0.1) is 11.3 Å². The molecule has 1 aromatic heterocycles. The normalized spacial score (nSPS) is 17.0. The molecule has 4 heteroatoms. The lowest BCUT2D eigenvalue weighted by molar-refractivity contribution is 0.0845. The van der Waals surface area contributed by atoms with E-state index < -0.39 is 0 Å². The van der Waals surface area contributed by atoms with Crippen LogP contribution in [-0.2, 0) is 0 Å². The van der Waals surface area contributed by atoms with Crippen molar-refractivity contribution in [3.05, 3.63) is 29.6 Å². The molecule has 0 aliphatic heterocycles. The van der Waals surface area contributed by atoms with E-state index in [1.807, 2.05) is 13.0 Å². The van der Waals surface area contributed by atoms with Crippen LogP contribution in [0.3, 0.4) is 0 Å². The van der Waals surface area contributed by atoms with E-state index in [1.54, 1.807) is 12.1 Å². The van der Waals surface area contributed by atoms with Crippen LogP contribution in [0.5, 0.6) is 0 Å². The molecule has 0 spiro atoms. The van der Waals surface area contributed by atoms with Gasteiger partial charge in [-0.1, -0.05) is 0 Å². The number of nitrogens with one attached hydrogen (secondary N) is 1. The molecule has 1 fully saturated rings. The molecule has 1 aliphatic rings. The molecule has 2 rings (SSSR count). The molecule has 1 aromatic rings. The van der Waals surface area contributed by atoms with Gasteiger partial charge in [0.2, 0.25) is 0 Å². The average Bonchev–Trinajstić information content (AvgIpc) is 2.27. The van der Waals surface area contributed by atoms with Crippen molar-refractivity contribution in [2.24, 2.45) is 0 Å². The highest BCUT2D eigenvalue weighted by molar-refractivity contribution is 5.92. The number of carbonyl (C=O) groups excluding carboxylic acids is 1. The first kappa shape index (κ1) is 10.6. The van der Waals surface area contributed by atoms with Crippen molar-refractivity contribution in [1.82, 2.24) is 10.3 Å². The predicted octanol–water partition coefficient (Wildman–Crippen LogP) is 1.63. The van der Waals surface area contributed by atoms with Crippen LogP contribution in [-0.4, -0.2) is 16.4 Å². The van der Waals surface area contributed by atoms with E-state index in [-0.39, 0.29) is 11.4 Å². The number of rotatable bonds is 2. The Morgan fingerprint density at radius 2 is 2.31 bits per heavy atom. The van der Waals surface area contributed by atoms with Gasteiger partial charge < -0.3 is 5.32 Å². The van der Waals surface area contributed by atoms with Gasteiger partial charge in [0, 0.05) is 11.7 Å². The summed E-state index contributed by atoms with van der Waals surface area (Å²) in [6.07, 6.45) is 4.62. The molecule has 1 aliphatic carbocycles. The highest BCUT2D eigenvalue weighted by Gasteiger charge is 2.33. The number of amides is 1. The van der Waals surface area contributed by atoms with Crippen molar-refractivity contribution in [2.75, 3.05) is 0 Å². The van der Waals surface area contributed by atoms with Crippen LogP contribution in [0.1, 0.15) is 42.2 Å². The summed E-state index contributed by atoms with van der Waals surface area (Å²) in [5.41, 5.74) is 0.769. The number of nitriles is 1. The van der Waals surface area contributed by atoms with Gasteiger partial charge in [-0.25, -0.2) is 4.98 Å². The Morgan fingerprint density at radius 1 is 1.56 bits per heavy atom. The number of carbonyl (C=O) groups is 1. The van der Waals surface area contributed by atoms with Gasteiger partial charge in [0.05, 0.1) is 5.56 Å². The fraction of sp³-hybridized carbons (Fsp3) is 0.417. The SMILES string of the molecule is CC1(NC(=O)c2ccc(C#N)cn2)CCC1.